The van der Waals surface area contributed by atoms with Gasteiger partial charge in [-0.25, -0.2) is 0 Å². The zero-order valence-electron chi connectivity index (χ0n) is 13.1. The molecule has 0 atom stereocenters. The van der Waals surface area contributed by atoms with Crippen molar-refractivity contribution in [1.29, 1.82) is 0 Å². The second-order valence-corrected chi connectivity index (χ2v) is 6.34. The third kappa shape index (κ3) is 2.24. The highest BCUT2D eigenvalue weighted by atomic mass is 35.5. The first-order chi connectivity index (χ1) is 11.6. The number of aliphatic hydroxyl groups is 1. The van der Waals surface area contributed by atoms with Gasteiger partial charge in [0.25, 0.3) is 0 Å². The molecule has 1 N–H and O–H groups in total. The molecule has 0 unspecified atom stereocenters. The number of halogens is 1. The van der Waals surface area contributed by atoms with E-state index in [9.17, 15) is 4.79 Å². The maximum absolute atomic E-state index is 11.9. The number of amides is 1. The molecule has 0 radical (unpaired) electrons. The monoisotopic (exact) mass is 345 g/mol. The lowest BCUT2D eigenvalue weighted by Gasteiger charge is -2.25. The predicted octanol–water partition coefficient (Wildman–Crippen LogP) is 3.53. The predicted molar refractivity (Wildman–Crippen MR) is 89.9 cm³/mol. The van der Waals surface area contributed by atoms with Gasteiger partial charge in [-0.05, 0) is 30.7 Å². The number of carbonyl (C=O) groups excluding carboxylic acids is 1. The summed E-state index contributed by atoms with van der Waals surface area (Å²) >= 11 is 6.46. The number of aliphatic hydroxyl groups excluding tert-OH is 1. The van der Waals surface area contributed by atoms with Crippen molar-refractivity contribution < 1.29 is 18.7 Å². The van der Waals surface area contributed by atoms with E-state index in [1.165, 1.54) is 0 Å². The third-order valence-electron chi connectivity index (χ3n) is 4.50. The number of benzene rings is 1. The molecule has 1 aromatic carbocycles. The topological polar surface area (TPSA) is 66.8 Å². The van der Waals surface area contributed by atoms with Gasteiger partial charge in [-0.3, -0.25) is 4.79 Å². The average molecular weight is 346 g/mol. The molecule has 0 aliphatic carbocycles. The summed E-state index contributed by atoms with van der Waals surface area (Å²) in [6.45, 7) is 2.36. The van der Waals surface area contributed by atoms with E-state index in [2.05, 4.69) is 0 Å². The molecule has 24 heavy (non-hydrogen) atoms. The molecular weight excluding hydrogens is 330 g/mol. The first kappa shape index (κ1) is 15.3. The Morgan fingerprint density at radius 1 is 1.46 bits per heavy atom. The van der Waals surface area contributed by atoms with Crippen LogP contribution in [0.5, 0.6) is 0 Å². The highest BCUT2D eigenvalue weighted by Gasteiger charge is 2.28. The number of aryl methyl sites for hydroxylation is 1. The summed E-state index contributed by atoms with van der Waals surface area (Å²) in [4.78, 5) is 13.5. The maximum atomic E-state index is 11.9. The normalized spacial score (nSPS) is 14.2. The second kappa shape index (κ2) is 5.69. The lowest BCUT2D eigenvalue weighted by molar-refractivity contribution is -0.135. The van der Waals surface area contributed by atoms with Crippen molar-refractivity contribution in [3.63, 3.8) is 0 Å². The molecular formula is C18H16ClNO4. The average Bonchev–Trinajstić information content (AvgIpc) is 3.24. The molecule has 5 nitrogen and oxygen atoms in total. The van der Waals surface area contributed by atoms with Crippen LogP contribution in [0.15, 0.2) is 33.3 Å². The van der Waals surface area contributed by atoms with Crippen LogP contribution in [0.25, 0.3) is 22.3 Å². The number of nitrogens with zero attached hydrogens (tertiary/aromatic N) is 1. The number of carbonyl (C=O) groups is 1. The standard InChI is InChI=1S/C18H16ClNO4/c1-10-7-11(13-3-2-6-23-13)16-12-8-20(15(22)9-21)5-4-14(12)24-18(16)17(10)19/h2-3,6-7,21H,4-5,8-9H2,1H3. The lowest BCUT2D eigenvalue weighted by atomic mass is 9.97. The van der Waals surface area contributed by atoms with Crippen molar-refractivity contribution in [1.82, 2.24) is 4.90 Å². The Balaban J connectivity index is 1.96. The smallest absolute Gasteiger partial charge is 0.248 e. The van der Waals surface area contributed by atoms with Gasteiger partial charge in [0.15, 0.2) is 5.58 Å². The van der Waals surface area contributed by atoms with Crippen molar-refractivity contribution in [2.45, 2.75) is 19.9 Å². The van der Waals surface area contributed by atoms with Crippen molar-refractivity contribution >= 4 is 28.5 Å². The Bertz CT molecular complexity index is 927. The van der Waals surface area contributed by atoms with Crippen LogP contribution in [0, 0.1) is 6.92 Å². The molecule has 1 aliphatic rings. The summed E-state index contributed by atoms with van der Waals surface area (Å²) in [7, 11) is 0. The van der Waals surface area contributed by atoms with Gasteiger partial charge in [0.2, 0.25) is 5.91 Å². The van der Waals surface area contributed by atoms with Crippen molar-refractivity contribution in [3.05, 3.63) is 46.4 Å². The fourth-order valence-electron chi connectivity index (χ4n) is 3.30. The molecule has 0 fully saturated rings. The molecule has 0 bridgehead atoms. The molecule has 124 valence electrons. The summed E-state index contributed by atoms with van der Waals surface area (Å²) in [5, 5.41) is 10.6. The number of fused-ring (bicyclic) bond motifs is 3. The summed E-state index contributed by atoms with van der Waals surface area (Å²) in [5.74, 6) is 1.29. The van der Waals surface area contributed by atoms with Gasteiger partial charge < -0.3 is 18.8 Å². The molecule has 2 aromatic heterocycles. The molecule has 0 spiro atoms. The minimum atomic E-state index is -0.490. The van der Waals surface area contributed by atoms with E-state index in [0.29, 0.717) is 30.1 Å². The summed E-state index contributed by atoms with van der Waals surface area (Å²) in [6, 6.07) is 5.70. The molecule has 0 saturated heterocycles. The van der Waals surface area contributed by atoms with E-state index in [1.807, 2.05) is 25.1 Å². The van der Waals surface area contributed by atoms with Crippen LogP contribution in [-0.2, 0) is 17.8 Å². The quantitative estimate of drug-likeness (QED) is 0.771. The van der Waals surface area contributed by atoms with Crippen molar-refractivity contribution in [3.8, 4) is 11.3 Å². The molecule has 4 rings (SSSR count). The van der Waals surface area contributed by atoms with Crippen LogP contribution in [0.1, 0.15) is 16.9 Å². The van der Waals surface area contributed by atoms with Gasteiger partial charge in [0.05, 0.1) is 11.3 Å². The van der Waals surface area contributed by atoms with Crippen LogP contribution in [0.3, 0.4) is 0 Å². The zero-order valence-corrected chi connectivity index (χ0v) is 13.9. The fourth-order valence-corrected chi connectivity index (χ4v) is 3.49. The van der Waals surface area contributed by atoms with E-state index in [1.54, 1.807) is 11.2 Å². The molecule has 1 amide bonds. The van der Waals surface area contributed by atoms with E-state index in [4.69, 9.17) is 25.5 Å². The van der Waals surface area contributed by atoms with Gasteiger partial charge in [0.1, 0.15) is 18.1 Å². The van der Waals surface area contributed by atoms with Crippen molar-refractivity contribution in [2.75, 3.05) is 13.2 Å². The lowest BCUT2D eigenvalue weighted by Crippen LogP contribution is -2.37. The van der Waals surface area contributed by atoms with Gasteiger partial charge in [0, 0.05) is 36.0 Å². The largest absolute Gasteiger partial charge is 0.464 e. The van der Waals surface area contributed by atoms with E-state index < -0.39 is 6.61 Å². The van der Waals surface area contributed by atoms with Gasteiger partial charge in [-0.1, -0.05) is 11.6 Å². The van der Waals surface area contributed by atoms with Crippen LogP contribution in [0.4, 0.5) is 0 Å². The van der Waals surface area contributed by atoms with Crippen molar-refractivity contribution in [2.24, 2.45) is 0 Å². The third-order valence-corrected chi connectivity index (χ3v) is 4.97. The molecule has 3 heterocycles. The van der Waals surface area contributed by atoms with Crippen LogP contribution >= 0.6 is 11.6 Å². The first-order valence-corrected chi connectivity index (χ1v) is 8.13. The molecule has 0 saturated carbocycles. The first-order valence-electron chi connectivity index (χ1n) is 7.76. The number of rotatable bonds is 2. The van der Waals surface area contributed by atoms with Gasteiger partial charge >= 0.3 is 0 Å². The summed E-state index contributed by atoms with van der Waals surface area (Å²) in [5.41, 5.74) is 3.38. The fraction of sp³-hybridized carbons (Fsp3) is 0.278. The Hall–Kier alpha value is -2.24. The zero-order chi connectivity index (χ0) is 16.8. The Morgan fingerprint density at radius 3 is 3.00 bits per heavy atom. The maximum Gasteiger partial charge on any atom is 0.248 e. The molecule has 3 aromatic rings. The molecule has 1 aliphatic heterocycles. The number of hydrogen-bond donors (Lipinski definition) is 1. The highest BCUT2D eigenvalue weighted by Crippen LogP contribution is 2.42. The van der Waals surface area contributed by atoms with E-state index >= 15 is 0 Å². The van der Waals surface area contributed by atoms with E-state index in [0.717, 1.165) is 33.6 Å². The number of furan rings is 2. The van der Waals surface area contributed by atoms with Crippen LogP contribution in [-0.4, -0.2) is 29.1 Å². The van der Waals surface area contributed by atoms with Crippen LogP contribution < -0.4 is 0 Å². The summed E-state index contributed by atoms with van der Waals surface area (Å²) in [6.07, 6.45) is 2.22. The Morgan fingerprint density at radius 2 is 2.29 bits per heavy atom. The minimum Gasteiger partial charge on any atom is -0.464 e. The molecule has 6 heteroatoms. The Kier molecular flexibility index (Phi) is 3.62. The number of hydrogen-bond acceptors (Lipinski definition) is 4. The highest BCUT2D eigenvalue weighted by molar-refractivity contribution is 6.36. The van der Waals surface area contributed by atoms with Gasteiger partial charge in [-0.2, -0.15) is 0 Å². The van der Waals surface area contributed by atoms with E-state index in [-0.39, 0.29) is 5.91 Å². The van der Waals surface area contributed by atoms with Crippen LogP contribution in [0.2, 0.25) is 5.02 Å². The second-order valence-electron chi connectivity index (χ2n) is 5.96. The summed E-state index contributed by atoms with van der Waals surface area (Å²) < 4.78 is 11.6. The minimum absolute atomic E-state index is 0.284. The Labute approximate surface area is 143 Å². The van der Waals surface area contributed by atoms with Gasteiger partial charge in [-0.15, -0.1) is 0 Å². The SMILES string of the molecule is Cc1cc(-c2ccco2)c2c3c(oc2c1Cl)CCN(C(=O)CO)C3.